The Morgan fingerprint density at radius 2 is 1.96 bits per heavy atom. The number of hydrogen-bond donors (Lipinski definition) is 2. The maximum Gasteiger partial charge on any atom is 0.276 e. The van der Waals surface area contributed by atoms with Gasteiger partial charge in [-0.15, -0.1) is 6.42 Å². The molecule has 2 N–H and O–H groups in total. The quantitative estimate of drug-likeness (QED) is 0.644. The van der Waals surface area contributed by atoms with E-state index in [0.717, 1.165) is 17.0 Å². The molecule has 3 rings (SSSR count). The van der Waals surface area contributed by atoms with Crippen LogP contribution in [0, 0.1) is 12.3 Å². The molecule has 1 aliphatic rings. The molecule has 6 nitrogen and oxygen atoms in total. The summed E-state index contributed by atoms with van der Waals surface area (Å²) in [7, 11) is 1.61. The van der Waals surface area contributed by atoms with Crippen molar-refractivity contribution in [3.8, 4) is 18.1 Å². The van der Waals surface area contributed by atoms with Crippen LogP contribution < -0.4 is 15.5 Å². The van der Waals surface area contributed by atoms with E-state index in [2.05, 4.69) is 21.7 Å². The predicted octanol–water partition coefficient (Wildman–Crippen LogP) is 2.29. The van der Waals surface area contributed by atoms with E-state index in [4.69, 9.17) is 11.2 Å². The van der Waals surface area contributed by atoms with Crippen LogP contribution in [0.4, 0.5) is 5.69 Å². The first-order chi connectivity index (χ1) is 12.7. The van der Waals surface area contributed by atoms with Crippen molar-refractivity contribution in [2.45, 2.75) is 0 Å². The molecule has 0 radical (unpaired) electrons. The Balaban J connectivity index is 1.94. The third-order valence-corrected chi connectivity index (χ3v) is 3.66. The number of nitrogens with one attached hydrogen (secondary N) is 2. The number of methoxy groups -OCH3 is 1. The highest BCUT2D eigenvalue weighted by atomic mass is 16.5. The molecule has 1 fully saturated rings. The Bertz CT molecular complexity index is 880. The highest BCUT2D eigenvalue weighted by Gasteiger charge is 2.31. The molecule has 2 aromatic carbocycles. The van der Waals surface area contributed by atoms with Crippen molar-refractivity contribution in [2.75, 3.05) is 13.7 Å². The van der Waals surface area contributed by atoms with Crippen molar-refractivity contribution < 1.29 is 9.53 Å². The van der Waals surface area contributed by atoms with Gasteiger partial charge in [0.2, 0.25) is 5.96 Å². The van der Waals surface area contributed by atoms with Gasteiger partial charge in [-0.1, -0.05) is 36.3 Å². The fourth-order valence-electron chi connectivity index (χ4n) is 2.41. The third kappa shape index (κ3) is 3.91. The van der Waals surface area contributed by atoms with Crippen LogP contribution in [0.5, 0.6) is 5.75 Å². The Hall–Kier alpha value is -3.56. The predicted molar refractivity (Wildman–Crippen MR) is 101 cm³/mol. The molecule has 0 atom stereocenters. The third-order valence-electron chi connectivity index (χ3n) is 3.66. The molecule has 1 amide bonds. The summed E-state index contributed by atoms with van der Waals surface area (Å²) in [5.74, 6) is 3.36. The lowest BCUT2D eigenvalue weighted by Gasteiger charge is -2.18. The molecule has 0 unspecified atom stereocenters. The average Bonchev–Trinajstić information content (AvgIpc) is 2.96. The van der Waals surface area contributed by atoms with Gasteiger partial charge in [0.05, 0.1) is 19.3 Å². The van der Waals surface area contributed by atoms with Crippen molar-refractivity contribution in [3.63, 3.8) is 0 Å². The van der Waals surface area contributed by atoms with E-state index in [1.165, 1.54) is 0 Å². The zero-order valence-corrected chi connectivity index (χ0v) is 14.3. The molecule has 1 heterocycles. The van der Waals surface area contributed by atoms with E-state index >= 15 is 0 Å². The zero-order valence-electron chi connectivity index (χ0n) is 14.3. The number of guanidine groups is 1. The van der Waals surface area contributed by atoms with Gasteiger partial charge >= 0.3 is 0 Å². The number of hydrazine groups is 1. The molecule has 6 heteroatoms. The number of nitrogens with zero attached hydrogens (tertiary/aromatic N) is 2. The molecule has 2 aromatic rings. The summed E-state index contributed by atoms with van der Waals surface area (Å²) in [6, 6.07) is 16.8. The number of rotatable bonds is 5. The van der Waals surface area contributed by atoms with Crippen molar-refractivity contribution in [1.82, 2.24) is 15.8 Å². The topological polar surface area (TPSA) is 66.0 Å². The standard InChI is InChI=1S/C20H18N4O2/c1-3-13-21-24-18(14-15-9-11-17(26-2)12-10-15)19(25)23-20(24)22-16-7-5-4-6-8-16/h1,4-12,14,21H,13H2,2H3,(H,22,23,25)/b18-14+. The number of aliphatic imine (C=N–C) groups is 1. The first-order valence-corrected chi connectivity index (χ1v) is 7.99. The van der Waals surface area contributed by atoms with Crippen molar-refractivity contribution in [3.05, 3.63) is 65.9 Å². The summed E-state index contributed by atoms with van der Waals surface area (Å²) in [5, 5.41) is 4.34. The number of carbonyl (C=O) groups excluding carboxylic acids is 1. The molecular formula is C20H18N4O2. The largest absolute Gasteiger partial charge is 0.497 e. The SMILES string of the molecule is C#CCNN1C(=Nc2ccccc2)NC(=O)/C1=C\c1ccc(OC)cc1. The van der Waals surface area contributed by atoms with Gasteiger partial charge < -0.3 is 4.74 Å². The second-order valence-corrected chi connectivity index (χ2v) is 5.40. The number of carbonyl (C=O) groups is 1. The van der Waals surface area contributed by atoms with Crippen LogP contribution in [0.15, 0.2) is 65.3 Å². The van der Waals surface area contributed by atoms with Crippen LogP contribution in [0.3, 0.4) is 0 Å². The molecule has 0 spiro atoms. The van der Waals surface area contributed by atoms with E-state index in [-0.39, 0.29) is 12.5 Å². The zero-order chi connectivity index (χ0) is 18.4. The van der Waals surface area contributed by atoms with Gasteiger partial charge in [0.15, 0.2) is 0 Å². The summed E-state index contributed by atoms with van der Waals surface area (Å²) in [6.45, 7) is 0.253. The van der Waals surface area contributed by atoms with Gasteiger partial charge in [0.1, 0.15) is 11.4 Å². The van der Waals surface area contributed by atoms with E-state index in [1.807, 2.05) is 54.6 Å². The van der Waals surface area contributed by atoms with Crippen LogP contribution in [0.1, 0.15) is 5.56 Å². The summed E-state index contributed by atoms with van der Waals surface area (Å²) in [6.07, 6.45) is 7.11. The highest BCUT2D eigenvalue weighted by Crippen LogP contribution is 2.20. The molecular weight excluding hydrogens is 328 g/mol. The Morgan fingerprint density at radius 3 is 2.62 bits per heavy atom. The maximum atomic E-state index is 12.5. The smallest absolute Gasteiger partial charge is 0.276 e. The number of terminal acetylenes is 1. The minimum absolute atomic E-state index is 0.253. The lowest BCUT2D eigenvalue weighted by Crippen LogP contribution is -2.40. The monoisotopic (exact) mass is 346 g/mol. The first kappa shape index (κ1) is 17.3. The highest BCUT2D eigenvalue weighted by molar-refractivity contribution is 6.15. The van der Waals surface area contributed by atoms with Crippen molar-refractivity contribution in [2.24, 2.45) is 4.99 Å². The number of para-hydroxylation sites is 1. The van der Waals surface area contributed by atoms with Crippen LogP contribution in [0.2, 0.25) is 0 Å². The average molecular weight is 346 g/mol. The fraction of sp³-hybridized carbons (Fsp3) is 0.100. The van der Waals surface area contributed by atoms with E-state index < -0.39 is 0 Å². The molecule has 26 heavy (non-hydrogen) atoms. The van der Waals surface area contributed by atoms with Gasteiger partial charge in [-0.25, -0.2) is 15.4 Å². The van der Waals surface area contributed by atoms with Crippen molar-refractivity contribution >= 4 is 23.6 Å². The van der Waals surface area contributed by atoms with E-state index in [0.29, 0.717) is 11.7 Å². The molecule has 0 bridgehead atoms. The van der Waals surface area contributed by atoms with E-state index in [9.17, 15) is 4.79 Å². The molecule has 0 aromatic heterocycles. The molecule has 0 aliphatic carbocycles. The van der Waals surface area contributed by atoms with Crippen molar-refractivity contribution in [1.29, 1.82) is 0 Å². The summed E-state index contributed by atoms with van der Waals surface area (Å²) in [5.41, 5.74) is 4.99. The van der Waals surface area contributed by atoms with Gasteiger partial charge in [0.25, 0.3) is 5.91 Å². The number of benzene rings is 2. The second kappa shape index (κ2) is 8.01. The minimum Gasteiger partial charge on any atom is -0.497 e. The van der Waals surface area contributed by atoms with Gasteiger partial charge in [-0.05, 0) is 35.9 Å². The summed E-state index contributed by atoms with van der Waals surface area (Å²) < 4.78 is 5.15. The number of hydrogen-bond acceptors (Lipinski definition) is 4. The lowest BCUT2D eigenvalue weighted by molar-refractivity contribution is -0.116. The minimum atomic E-state index is -0.264. The number of ether oxygens (including phenoxy) is 1. The molecule has 1 saturated heterocycles. The van der Waals surface area contributed by atoms with Gasteiger partial charge in [-0.3, -0.25) is 10.1 Å². The van der Waals surface area contributed by atoms with Crippen LogP contribution in [-0.2, 0) is 4.79 Å². The van der Waals surface area contributed by atoms with E-state index in [1.54, 1.807) is 18.2 Å². The molecule has 130 valence electrons. The van der Waals surface area contributed by atoms with Gasteiger partial charge in [0, 0.05) is 0 Å². The Labute approximate surface area is 152 Å². The molecule has 0 saturated carbocycles. The summed E-state index contributed by atoms with van der Waals surface area (Å²) >= 11 is 0. The van der Waals surface area contributed by atoms with Crippen LogP contribution in [0.25, 0.3) is 6.08 Å². The summed E-state index contributed by atoms with van der Waals surface area (Å²) in [4.78, 5) is 16.9. The Morgan fingerprint density at radius 1 is 1.23 bits per heavy atom. The first-order valence-electron chi connectivity index (χ1n) is 7.99. The van der Waals surface area contributed by atoms with Gasteiger partial charge in [-0.2, -0.15) is 0 Å². The second-order valence-electron chi connectivity index (χ2n) is 5.40. The van der Waals surface area contributed by atoms with Crippen LogP contribution >= 0.6 is 0 Å². The lowest BCUT2D eigenvalue weighted by atomic mass is 10.2. The number of amides is 1. The van der Waals surface area contributed by atoms with Crippen LogP contribution in [-0.4, -0.2) is 30.5 Å². The fourth-order valence-corrected chi connectivity index (χ4v) is 2.41. The maximum absolute atomic E-state index is 12.5. The normalized spacial score (nSPS) is 16.6. The molecule has 1 aliphatic heterocycles. The Kier molecular flexibility index (Phi) is 5.32.